The van der Waals surface area contributed by atoms with Gasteiger partial charge in [0.05, 0.1) is 0 Å². The van der Waals surface area contributed by atoms with Gasteiger partial charge in [-0.05, 0) is 24.5 Å². The van der Waals surface area contributed by atoms with E-state index in [1.807, 2.05) is 30.5 Å². The molecule has 0 aliphatic carbocycles. The molecule has 0 aliphatic rings. The zero-order chi connectivity index (χ0) is 15.9. The van der Waals surface area contributed by atoms with Gasteiger partial charge in [-0.2, -0.15) is 0 Å². The largest absolute Gasteiger partial charge is 0.339 e. The fourth-order valence-electron chi connectivity index (χ4n) is 1.73. The van der Waals surface area contributed by atoms with Gasteiger partial charge in [0.2, 0.25) is 0 Å². The van der Waals surface area contributed by atoms with Crippen molar-refractivity contribution in [2.45, 2.75) is 4.34 Å². The second kappa shape index (κ2) is 7.46. The molecule has 4 nitrogen and oxygen atoms in total. The number of thiazole rings is 1. The second-order valence-corrected chi connectivity index (χ2v) is 5.96. The molecule has 0 spiro atoms. The maximum atomic E-state index is 5.41. The van der Waals surface area contributed by atoms with Crippen molar-refractivity contribution in [1.82, 2.24) is 15.0 Å². The van der Waals surface area contributed by atoms with Crippen molar-refractivity contribution < 1.29 is 0 Å². The third-order valence-corrected chi connectivity index (χ3v) is 4.67. The predicted molar refractivity (Wildman–Crippen MR) is 94.5 cm³/mol. The molecule has 0 fully saturated rings. The lowest BCUT2D eigenvalue weighted by molar-refractivity contribution is 1.17. The highest BCUT2D eigenvalue weighted by Crippen LogP contribution is 2.32. The summed E-state index contributed by atoms with van der Waals surface area (Å²) in [5.74, 6) is 3.37. The molecule has 0 bridgehead atoms. The highest BCUT2D eigenvalue weighted by molar-refractivity contribution is 8.00. The minimum atomic E-state index is 0.713. The van der Waals surface area contributed by atoms with Crippen LogP contribution >= 0.6 is 23.1 Å². The molecule has 6 heteroatoms. The molecule has 0 unspecified atom stereocenters. The van der Waals surface area contributed by atoms with Crippen molar-refractivity contribution in [3.63, 3.8) is 0 Å². The van der Waals surface area contributed by atoms with E-state index in [-0.39, 0.29) is 0 Å². The highest BCUT2D eigenvalue weighted by atomic mass is 32.2. The Kier molecular flexibility index (Phi) is 5.37. The van der Waals surface area contributed by atoms with E-state index in [1.54, 1.807) is 23.1 Å². The summed E-state index contributed by atoms with van der Waals surface area (Å²) >= 11 is 3.18. The van der Waals surface area contributed by atoms with Gasteiger partial charge in [-0.25, -0.2) is 15.0 Å². The van der Waals surface area contributed by atoms with E-state index in [1.165, 1.54) is 6.33 Å². The number of thioether (sulfide) groups is 1. The van der Waals surface area contributed by atoms with Crippen LogP contribution in [0.25, 0.3) is 10.3 Å². The van der Waals surface area contributed by atoms with Crippen molar-refractivity contribution in [3.05, 3.63) is 36.2 Å². The maximum absolute atomic E-state index is 5.41. The number of benzene rings is 1. The molecule has 1 N–H and O–H groups in total. The molecule has 0 saturated carbocycles. The van der Waals surface area contributed by atoms with Crippen LogP contribution in [-0.2, 0) is 0 Å². The van der Waals surface area contributed by atoms with E-state index < -0.39 is 0 Å². The minimum absolute atomic E-state index is 0.713. The molecule has 3 rings (SSSR count). The predicted octanol–water partition coefficient (Wildman–Crippen LogP) is 3.78. The van der Waals surface area contributed by atoms with Crippen molar-refractivity contribution in [2.75, 3.05) is 11.6 Å². The third-order valence-electron chi connectivity index (χ3n) is 2.64. The number of fused-ring (bicyclic) bond motifs is 1. The molecular formula is C16H12N4S2. The van der Waals surface area contributed by atoms with Gasteiger partial charge < -0.3 is 5.32 Å². The number of terminal acetylenes is 2. The van der Waals surface area contributed by atoms with Crippen LogP contribution < -0.4 is 5.32 Å². The van der Waals surface area contributed by atoms with Crippen molar-refractivity contribution >= 4 is 45.0 Å². The fourth-order valence-corrected chi connectivity index (χ4v) is 3.19. The molecular weight excluding hydrogens is 312 g/mol. The maximum Gasteiger partial charge on any atom is 0.176 e. The number of anilines is 2. The molecule has 0 saturated heterocycles. The van der Waals surface area contributed by atoms with Crippen LogP contribution in [0.4, 0.5) is 11.5 Å². The average molecular weight is 324 g/mol. The lowest BCUT2D eigenvalue weighted by Gasteiger charge is -2.05. The molecule has 2 heterocycles. The summed E-state index contributed by atoms with van der Waals surface area (Å²) in [5.41, 5.74) is 2.44. The van der Waals surface area contributed by atoms with E-state index >= 15 is 0 Å². The summed E-state index contributed by atoms with van der Waals surface area (Å²) < 4.78 is 1.92. The summed E-state index contributed by atoms with van der Waals surface area (Å²) in [5, 5.41) is 3.27. The fraction of sp³-hybridized carbons (Fsp3) is 0.0625. The summed E-state index contributed by atoms with van der Waals surface area (Å²) in [7, 11) is 0. The Balaban J connectivity index is 0.000000847. The second-order valence-electron chi connectivity index (χ2n) is 3.91. The number of nitrogens with one attached hydrogen (secondary N) is 1. The van der Waals surface area contributed by atoms with E-state index in [4.69, 9.17) is 6.42 Å². The van der Waals surface area contributed by atoms with Crippen molar-refractivity contribution in [1.29, 1.82) is 0 Å². The SMILES string of the molecule is C#C.C#Cc1cccc(Nc2ncnc3nc(SC)sc23)c1. The lowest BCUT2D eigenvalue weighted by Crippen LogP contribution is -1.94. The van der Waals surface area contributed by atoms with E-state index in [0.29, 0.717) is 5.65 Å². The first-order chi connectivity index (χ1) is 10.8. The standard InChI is InChI=1S/C14H10N4S2.C2H2/c1-3-9-5-4-6-10(7-9)17-12-11-13(16-8-15-12)18-14(19-2)20-11;1-2/h1,4-8H,2H3,(H,15,16,17);1-2H. The number of hydrogen-bond donors (Lipinski definition) is 1. The van der Waals surface area contributed by atoms with Gasteiger partial charge in [-0.1, -0.05) is 23.7 Å². The molecule has 1 aromatic carbocycles. The Morgan fingerprint density at radius 2 is 2.09 bits per heavy atom. The Morgan fingerprint density at radius 3 is 2.82 bits per heavy atom. The van der Waals surface area contributed by atoms with Crippen LogP contribution in [0.15, 0.2) is 34.9 Å². The first-order valence-corrected chi connectivity index (χ1v) is 8.17. The molecule has 2 aromatic heterocycles. The Labute approximate surface area is 137 Å². The summed E-state index contributed by atoms with van der Waals surface area (Å²) in [6.07, 6.45) is 16.9. The number of aromatic nitrogens is 3. The van der Waals surface area contributed by atoms with E-state index in [0.717, 1.165) is 26.1 Å². The van der Waals surface area contributed by atoms with Crippen molar-refractivity contribution in [3.8, 4) is 25.2 Å². The molecule has 0 aliphatic heterocycles. The molecule has 3 aromatic rings. The number of nitrogens with zero attached hydrogens (tertiary/aromatic N) is 3. The van der Waals surface area contributed by atoms with Gasteiger partial charge in [-0.15, -0.1) is 30.6 Å². The molecule has 108 valence electrons. The van der Waals surface area contributed by atoms with E-state index in [9.17, 15) is 0 Å². The normalized spacial score (nSPS) is 9.55. The first-order valence-electron chi connectivity index (χ1n) is 6.12. The summed E-state index contributed by atoms with van der Waals surface area (Å²) in [4.78, 5) is 12.9. The molecule has 0 atom stereocenters. The average Bonchev–Trinajstić information content (AvgIpc) is 3.01. The Hall–Kier alpha value is -2.54. The third kappa shape index (κ3) is 3.37. The zero-order valence-corrected chi connectivity index (χ0v) is 13.4. The van der Waals surface area contributed by atoms with Crippen LogP contribution in [0.1, 0.15) is 5.56 Å². The van der Waals surface area contributed by atoms with Gasteiger partial charge in [-0.3, -0.25) is 0 Å². The summed E-state index contributed by atoms with van der Waals surface area (Å²) in [6.45, 7) is 0. The van der Waals surface area contributed by atoms with Crippen LogP contribution in [0, 0.1) is 25.2 Å². The smallest absolute Gasteiger partial charge is 0.176 e. The van der Waals surface area contributed by atoms with Gasteiger partial charge >= 0.3 is 0 Å². The molecule has 0 radical (unpaired) electrons. The molecule has 22 heavy (non-hydrogen) atoms. The zero-order valence-electron chi connectivity index (χ0n) is 11.8. The van der Waals surface area contributed by atoms with Crippen LogP contribution in [-0.4, -0.2) is 21.2 Å². The highest BCUT2D eigenvalue weighted by Gasteiger charge is 2.10. The van der Waals surface area contributed by atoms with Gasteiger partial charge in [0, 0.05) is 11.3 Å². The van der Waals surface area contributed by atoms with Gasteiger partial charge in [0.25, 0.3) is 0 Å². The quantitative estimate of drug-likeness (QED) is 0.587. The minimum Gasteiger partial charge on any atom is -0.339 e. The Morgan fingerprint density at radius 1 is 1.27 bits per heavy atom. The van der Waals surface area contributed by atoms with Crippen LogP contribution in [0.5, 0.6) is 0 Å². The molecule has 0 amide bonds. The number of rotatable bonds is 3. The van der Waals surface area contributed by atoms with E-state index in [2.05, 4.69) is 39.0 Å². The monoisotopic (exact) mass is 324 g/mol. The van der Waals surface area contributed by atoms with Gasteiger partial charge in [0.1, 0.15) is 11.0 Å². The van der Waals surface area contributed by atoms with Crippen LogP contribution in [0.2, 0.25) is 0 Å². The lowest BCUT2D eigenvalue weighted by atomic mass is 10.2. The number of hydrogen-bond acceptors (Lipinski definition) is 6. The topological polar surface area (TPSA) is 50.7 Å². The van der Waals surface area contributed by atoms with Crippen molar-refractivity contribution in [2.24, 2.45) is 0 Å². The first kappa shape index (κ1) is 15.8. The van der Waals surface area contributed by atoms with Crippen LogP contribution in [0.3, 0.4) is 0 Å². The van der Waals surface area contributed by atoms with Gasteiger partial charge in [0.15, 0.2) is 15.8 Å². The Bertz CT molecular complexity index is 846. The summed E-state index contributed by atoms with van der Waals surface area (Å²) in [6, 6.07) is 7.66.